The Balaban J connectivity index is 2.24. The highest BCUT2D eigenvalue weighted by molar-refractivity contribution is 5.96. The molecule has 6 nitrogen and oxygen atoms in total. The van der Waals surface area contributed by atoms with Crippen LogP contribution in [0.15, 0.2) is 18.2 Å². The molecule has 23 heavy (non-hydrogen) atoms. The molecule has 0 saturated carbocycles. The van der Waals surface area contributed by atoms with Crippen molar-refractivity contribution in [3.63, 3.8) is 0 Å². The lowest BCUT2D eigenvalue weighted by atomic mass is 9.98. The molecule has 6 heteroatoms. The molecular formula is C17H25N3O3. The van der Waals surface area contributed by atoms with Crippen molar-refractivity contribution in [3.05, 3.63) is 33.9 Å². The van der Waals surface area contributed by atoms with E-state index in [0.29, 0.717) is 17.2 Å². The highest BCUT2D eigenvalue weighted by Gasteiger charge is 2.24. The first kappa shape index (κ1) is 17.2. The Morgan fingerprint density at radius 3 is 2.65 bits per heavy atom. The minimum absolute atomic E-state index is 0.0105. The molecule has 1 atom stereocenters. The van der Waals surface area contributed by atoms with Gasteiger partial charge in [0.25, 0.3) is 11.6 Å². The maximum Gasteiger partial charge on any atom is 0.293 e. The number of carbonyl (C=O) groups excluding carboxylic acids is 1. The summed E-state index contributed by atoms with van der Waals surface area (Å²) in [7, 11) is 0. The second-order valence-corrected chi connectivity index (χ2v) is 6.41. The van der Waals surface area contributed by atoms with Crippen LogP contribution in [0.1, 0.15) is 50.4 Å². The second kappa shape index (κ2) is 7.44. The van der Waals surface area contributed by atoms with Crippen LogP contribution in [0.2, 0.25) is 0 Å². The van der Waals surface area contributed by atoms with Crippen LogP contribution in [0.3, 0.4) is 0 Å². The van der Waals surface area contributed by atoms with Gasteiger partial charge in [0, 0.05) is 30.8 Å². The molecule has 1 aromatic carbocycles. The van der Waals surface area contributed by atoms with Crippen molar-refractivity contribution in [2.75, 3.05) is 18.0 Å². The molecule has 1 heterocycles. The van der Waals surface area contributed by atoms with E-state index in [0.717, 1.165) is 32.4 Å². The average molecular weight is 319 g/mol. The van der Waals surface area contributed by atoms with Crippen LogP contribution in [0.4, 0.5) is 11.4 Å². The number of carbonyl (C=O) groups is 1. The Bertz CT molecular complexity index is 580. The van der Waals surface area contributed by atoms with Crippen LogP contribution < -0.4 is 10.2 Å². The highest BCUT2D eigenvalue weighted by Crippen LogP contribution is 2.32. The summed E-state index contributed by atoms with van der Waals surface area (Å²) >= 11 is 0. The van der Waals surface area contributed by atoms with Crippen LogP contribution in [-0.2, 0) is 0 Å². The molecular weight excluding hydrogens is 294 g/mol. The zero-order chi connectivity index (χ0) is 17.0. The van der Waals surface area contributed by atoms with Crippen molar-refractivity contribution in [1.82, 2.24) is 5.32 Å². The summed E-state index contributed by atoms with van der Waals surface area (Å²) < 4.78 is 0. The minimum Gasteiger partial charge on any atom is -0.366 e. The lowest BCUT2D eigenvalue weighted by Gasteiger charge is -2.31. The van der Waals surface area contributed by atoms with E-state index < -0.39 is 4.92 Å². The number of amides is 1. The van der Waals surface area contributed by atoms with Crippen LogP contribution in [0, 0.1) is 16.0 Å². The third-order valence-electron chi connectivity index (χ3n) is 4.55. The normalized spacial score (nSPS) is 16.9. The topological polar surface area (TPSA) is 75.5 Å². The zero-order valence-electron chi connectivity index (χ0n) is 14.0. The molecule has 126 valence electrons. The van der Waals surface area contributed by atoms with E-state index in [9.17, 15) is 14.9 Å². The van der Waals surface area contributed by atoms with Gasteiger partial charge in [0.15, 0.2) is 0 Å². The summed E-state index contributed by atoms with van der Waals surface area (Å²) in [6, 6.07) is 4.83. The maximum absolute atomic E-state index is 12.2. The molecule has 0 spiro atoms. The van der Waals surface area contributed by atoms with Gasteiger partial charge in [-0.3, -0.25) is 14.9 Å². The fourth-order valence-electron chi connectivity index (χ4n) is 2.74. The maximum atomic E-state index is 12.2. The monoisotopic (exact) mass is 319 g/mol. The third kappa shape index (κ3) is 4.21. The molecule has 1 aliphatic rings. The molecule has 1 fully saturated rings. The summed E-state index contributed by atoms with van der Waals surface area (Å²) in [5.74, 6) is 0.396. The van der Waals surface area contributed by atoms with Gasteiger partial charge in [0.2, 0.25) is 0 Å². The molecule has 0 aliphatic carbocycles. The largest absolute Gasteiger partial charge is 0.366 e. The highest BCUT2D eigenvalue weighted by atomic mass is 16.6. The van der Waals surface area contributed by atoms with Gasteiger partial charge in [-0.25, -0.2) is 0 Å². The van der Waals surface area contributed by atoms with Gasteiger partial charge in [0.1, 0.15) is 5.69 Å². The van der Waals surface area contributed by atoms with Gasteiger partial charge in [-0.15, -0.1) is 0 Å². The Morgan fingerprint density at radius 1 is 1.43 bits per heavy atom. The Hall–Kier alpha value is -2.11. The molecule has 2 rings (SSSR count). The van der Waals surface area contributed by atoms with Crippen LogP contribution in [0.25, 0.3) is 0 Å². The third-order valence-corrected chi connectivity index (χ3v) is 4.55. The van der Waals surface area contributed by atoms with Crippen LogP contribution >= 0.6 is 0 Å². The molecule has 0 aromatic heterocycles. The van der Waals surface area contributed by atoms with E-state index in [1.807, 2.05) is 13.8 Å². The number of hydrogen-bond acceptors (Lipinski definition) is 4. The summed E-state index contributed by atoms with van der Waals surface area (Å²) in [4.78, 5) is 25.3. The average Bonchev–Trinajstić information content (AvgIpc) is 2.54. The smallest absolute Gasteiger partial charge is 0.293 e. The number of nitro groups is 1. The lowest BCUT2D eigenvalue weighted by molar-refractivity contribution is -0.384. The van der Waals surface area contributed by atoms with E-state index in [2.05, 4.69) is 17.1 Å². The Kier molecular flexibility index (Phi) is 5.58. The standard InChI is InChI=1S/C17H25N3O3/c1-4-13(3)18-17(21)14-5-6-15(16(11-14)20(22)23)19-9-7-12(2)8-10-19/h5-6,11-13H,4,7-10H2,1-3H3,(H,18,21). The quantitative estimate of drug-likeness (QED) is 0.667. The molecule has 0 radical (unpaired) electrons. The molecule has 1 saturated heterocycles. The minimum atomic E-state index is -0.395. The Morgan fingerprint density at radius 2 is 2.09 bits per heavy atom. The fourth-order valence-corrected chi connectivity index (χ4v) is 2.74. The summed E-state index contributed by atoms with van der Waals surface area (Å²) in [6.45, 7) is 7.73. The number of benzene rings is 1. The fraction of sp³-hybridized carbons (Fsp3) is 0.588. The first-order valence-electron chi connectivity index (χ1n) is 8.26. The first-order chi connectivity index (χ1) is 10.9. The number of rotatable bonds is 5. The Labute approximate surface area is 137 Å². The second-order valence-electron chi connectivity index (χ2n) is 6.41. The van der Waals surface area contributed by atoms with Gasteiger partial charge in [-0.1, -0.05) is 13.8 Å². The van der Waals surface area contributed by atoms with Crippen molar-refractivity contribution in [1.29, 1.82) is 0 Å². The summed E-state index contributed by atoms with van der Waals surface area (Å²) in [5, 5.41) is 14.3. The van der Waals surface area contributed by atoms with Crippen molar-refractivity contribution < 1.29 is 9.72 Å². The van der Waals surface area contributed by atoms with Crippen molar-refractivity contribution in [2.45, 2.75) is 46.1 Å². The molecule has 1 N–H and O–H groups in total. The molecule has 1 unspecified atom stereocenters. The number of piperidine rings is 1. The van der Waals surface area contributed by atoms with Gasteiger partial charge < -0.3 is 10.2 Å². The van der Waals surface area contributed by atoms with E-state index in [1.165, 1.54) is 6.07 Å². The lowest BCUT2D eigenvalue weighted by Crippen LogP contribution is -2.34. The summed E-state index contributed by atoms with van der Waals surface area (Å²) in [6.07, 6.45) is 2.89. The SMILES string of the molecule is CCC(C)NC(=O)c1ccc(N2CCC(C)CC2)c([N+](=O)[O-])c1. The van der Waals surface area contributed by atoms with E-state index in [4.69, 9.17) is 0 Å². The van der Waals surface area contributed by atoms with Gasteiger partial charge in [0.05, 0.1) is 4.92 Å². The number of hydrogen-bond donors (Lipinski definition) is 1. The number of nitrogens with zero attached hydrogens (tertiary/aromatic N) is 2. The molecule has 1 amide bonds. The zero-order valence-corrected chi connectivity index (χ0v) is 14.0. The van der Waals surface area contributed by atoms with E-state index in [-0.39, 0.29) is 17.6 Å². The predicted molar refractivity (Wildman–Crippen MR) is 90.9 cm³/mol. The predicted octanol–water partition coefficient (Wildman–Crippen LogP) is 3.36. The molecule has 0 bridgehead atoms. The number of anilines is 1. The van der Waals surface area contributed by atoms with E-state index in [1.54, 1.807) is 12.1 Å². The van der Waals surface area contributed by atoms with E-state index >= 15 is 0 Å². The van der Waals surface area contributed by atoms with Gasteiger partial charge >= 0.3 is 0 Å². The van der Waals surface area contributed by atoms with Crippen LogP contribution in [-0.4, -0.2) is 30.0 Å². The number of nitrogens with one attached hydrogen (secondary N) is 1. The van der Waals surface area contributed by atoms with Crippen LogP contribution in [0.5, 0.6) is 0 Å². The van der Waals surface area contributed by atoms with Gasteiger partial charge in [-0.05, 0) is 44.2 Å². The summed E-state index contributed by atoms with van der Waals surface area (Å²) in [5.41, 5.74) is 0.962. The molecule has 1 aliphatic heterocycles. The van der Waals surface area contributed by atoms with Gasteiger partial charge in [-0.2, -0.15) is 0 Å². The van der Waals surface area contributed by atoms with Crippen molar-refractivity contribution >= 4 is 17.3 Å². The van der Waals surface area contributed by atoms with Crippen molar-refractivity contribution in [2.24, 2.45) is 5.92 Å². The van der Waals surface area contributed by atoms with Crippen molar-refractivity contribution in [3.8, 4) is 0 Å². The first-order valence-corrected chi connectivity index (χ1v) is 8.26. The molecule has 1 aromatic rings. The number of nitro benzene ring substituents is 1.